The largest absolute Gasteiger partial charge is 0.336 e. The Labute approximate surface area is 116 Å². The minimum absolute atomic E-state index is 0.0736. The van der Waals surface area contributed by atoms with Crippen LogP contribution in [0.4, 0.5) is 5.69 Å². The van der Waals surface area contributed by atoms with E-state index in [-0.39, 0.29) is 18.2 Å². The van der Waals surface area contributed by atoms with Crippen molar-refractivity contribution in [2.24, 2.45) is 0 Å². The molecule has 0 atom stereocenters. The van der Waals surface area contributed by atoms with Crippen molar-refractivity contribution in [2.45, 2.75) is 13.5 Å². The molecule has 0 unspecified atom stereocenters. The molecule has 1 amide bonds. The van der Waals surface area contributed by atoms with Gasteiger partial charge < -0.3 is 9.88 Å². The molecule has 0 bridgehead atoms. The minimum Gasteiger partial charge on any atom is -0.336 e. The molecular formula is C14H13ClN2O2. The second-order valence-corrected chi connectivity index (χ2v) is 4.51. The molecule has 1 aromatic heterocycles. The maximum Gasteiger partial charge on any atom is 0.244 e. The van der Waals surface area contributed by atoms with Gasteiger partial charge in [0, 0.05) is 13.1 Å². The van der Waals surface area contributed by atoms with Gasteiger partial charge in [0.25, 0.3) is 0 Å². The zero-order valence-corrected chi connectivity index (χ0v) is 11.1. The lowest BCUT2D eigenvalue weighted by Gasteiger charge is -2.09. The summed E-state index contributed by atoms with van der Waals surface area (Å²) in [5.41, 5.74) is 1.07. The zero-order valence-electron chi connectivity index (χ0n) is 10.4. The summed E-state index contributed by atoms with van der Waals surface area (Å²) in [7, 11) is 0. The molecule has 0 saturated heterocycles. The molecule has 1 N–H and O–H groups in total. The number of nitrogens with one attached hydrogen (secondary N) is 1. The maximum absolute atomic E-state index is 11.9. The lowest BCUT2D eigenvalue weighted by atomic mass is 10.3. The fourth-order valence-corrected chi connectivity index (χ4v) is 1.96. The number of Topliss-reactive ketones (excluding diaryl/α,β-unsaturated/α-hetero) is 1. The summed E-state index contributed by atoms with van der Waals surface area (Å²) in [4.78, 5) is 23.3. The summed E-state index contributed by atoms with van der Waals surface area (Å²) in [6, 6.07) is 10.4. The Hall–Kier alpha value is -2.07. The first kappa shape index (κ1) is 13.4. The normalized spacial score (nSPS) is 10.2. The number of aromatic nitrogens is 1. The lowest BCUT2D eigenvalue weighted by molar-refractivity contribution is -0.116. The third kappa shape index (κ3) is 3.23. The number of hydrogen-bond acceptors (Lipinski definition) is 2. The second kappa shape index (κ2) is 5.71. The van der Waals surface area contributed by atoms with Crippen molar-refractivity contribution in [1.82, 2.24) is 4.57 Å². The SMILES string of the molecule is CC(=O)c1cccn1CC(=O)Nc1ccccc1Cl. The number of rotatable bonds is 4. The van der Waals surface area contributed by atoms with Crippen molar-refractivity contribution < 1.29 is 9.59 Å². The van der Waals surface area contributed by atoms with Gasteiger partial charge in [0.15, 0.2) is 5.78 Å². The zero-order chi connectivity index (χ0) is 13.8. The predicted molar refractivity (Wildman–Crippen MR) is 74.5 cm³/mol. The smallest absolute Gasteiger partial charge is 0.244 e. The summed E-state index contributed by atoms with van der Waals surface area (Å²) < 4.78 is 1.61. The Morgan fingerprint density at radius 1 is 1.21 bits per heavy atom. The molecule has 1 heterocycles. The summed E-state index contributed by atoms with van der Waals surface area (Å²) in [5, 5.41) is 3.19. The molecule has 4 nitrogen and oxygen atoms in total. The van der Waals surface area contributed by atoms with Gasteiger partial charge in [-0.1, -0.05) is 23.7 Å². The fraction of sp³-hybridized carbons (Fsp3) is 0.143. The van der Waals surface area contributed by atoms with Gasteiger partial charge >= 0.3 is 0 Å². The van der Waals surface area contributed by atoms with E-state index in [4.69, 9.17) is 11.6 Å². The minimum atomic E-state index is -0.230. The first-order chi connectivity index (χ1) is 9.08. The second-order valence-electron chi connectivity index (χ2n) is 4.11. The Kier molecular flexibility index (Phi) is 4.02. The quantitative estimate of drug-likeness (QED) is 0.873. The van der Waals surface area contributed by atoms with E-state index in [1.54, 1.807) is 47.2 Å². The highest BCUT2D eigenvalue weighted by atomic mass is 35.5. The molecule has 2 aromatic rings. The van der Waals surface area contributed by atoms with Crippen molar-refractivity contribution in [3.63, 3.8) is 0 Å². The molecule has 0 aliphatic rings. The Bertz CT molecular complexity index is 619. The van der Waals surface area contributed by atoms with Crippen molar-refractivity contribution in [3.8, 4) is 0 Å². The summed E-state index contributed by atoms with van der Waals surface area (Å²) in [5.74, 6) is -0.303. The number of anilines is 1. The summed E-state index contributed by atoms with van der Waals surface area (Å²) in [6.07, 6.45) is 1.70. The number of hydrogen-bond donors (Lipinski definition) is 1. The van der Waals surface area contributed by atoms with Gasteiger partial charge in [0.2, 0.25) is 5.91 Å². The molecule has 2 rings (SSSR count). The van der Waals surface area contributed by atoms with E-state index in [9.17, 15) is 9.59 Å². The number of carbonyl (C=O) groups is 2. The molecule has 0 radical (unpaired) electrons. The first-order valence-corrected chi connectivity index (χ1v) is 6.16. The molecule has 0 fully saturated rings. The molecular weight excluding hydrogens is 264 g/mol. The molecule has 5 heteroatoms. The number of nitrogens with zero attached hydrogens (tertiary/aromatic N) is 1. The Morgan fingerprint density at radius 3 is 2.63 bits per heavy atom. The van der Waals surface area contributed by atoms with Crippen molar-refractivity contribution in [3.05, 3.63) is 53.3 Å². The van der Waals surface area contributed by atoms with E-state index in [1.807, 2.05) is 0 Å². The molecule has 0 spiro atoms. The van der Waals surface area contributed by atoms with Crippen LogP contribution in [0.1, 0.15) is 17.4 Å². The van der Waals surface area contributed by atoms with Gasteiger partial charge in [-0.3, -0.25) is 9.59 Å². The van der Waals surface area contributed by atoms with Gasteiger partial charge in [-0.15, -0.1) is 0 Å². The predicted octanol–water partition coefficient (Wildman–Crippen LogP) is 2.98. The van der Waals surface area contributed by atoms with E-state index in [0.717, 1.165) is 0 Å². The number of benzene rings is 1. The Morgan fingerprint density at radius 2 is 1.95 bits per heavy atom. The average Bonchev–Trinajstić information content (AvgIpc) is 2.80. The molecule has 19 heavy (non-hydrogen) atoms. The number of para-hydroxylation sites is 1. The number of amides is 1. The molecule has 0 aliphatic carbocycles. The lowest BCUT2D eigenvalue weighted by Crippen LogP contribution is -2.20. The third-order valence-corrected chi connectivity index (χ3v) is 2.98. The van der Waals surface area contributed by atoms with E-state index < -0.39 is 0 Å². The monoisotopic (exact) mass is 276 g/mol. The third-order valence-electron chi connectivity index (χ3n) is 2.65. The van der Waals surface area contributed by atoms with E-state index >= 15 is 0 Å². The van der Waals surface area contributed by atoms with Crippen LogP contribution in [-0.4, -0.2) is 16.3 Å². The standard InChI is InChI=1S/C14H13ClN2O2/c1-10(18)13-7-4-8-17(13)9-14(19)16-12-6-3-2-5-11(12)15/h2-8H,9H2,1H3,(H,16,19). The number of ketones is 1. The van der Waals surface area contributed by atoms with Crippen LogP contribution in [0.5, 0.6) is 0 Å². The van der Waals surface area contributed by atoms with Crippen molar-refractivity contribution in [1.29, 1.82) is 0 Å². The van der Waals surface area contributed by atoms with Crippen LogP contribution in [0.15, 0.2) is 42.6 Å². The number of carbonyl (C=O) groups excluding carboxylic acids is 2. The summed E-state index contributed by atoms with van der Waals surface area (Å²) in [6.45, 7) is 1.55. The van der Waals surface area contributed by atoms with Crippen LogP contribution in [0, 0.1) is 0 Å². The average molecular weight is 277 g/mol. The topological polar surface area (TPSA) is 51.1 Å². The van der Waals surface area contributed by atoms with Gasteiger partial charge in [-0.2, -0.15) is 0 Å². The van der Waals surface area contributed by atoms with Crippen LogP contribution in [0.25, 0.3) is 0 Å². The fourth-order valence-electron chi connectivity index (χ4n) is 1.78. The van der Waals surface area contributed by atoms with Gasteiger partial charge in [-0.25, -0.2) is 0 Å². The van der Waals surface area contributed by atoms with Gasteiger partial charge in [0.05, 0.1) is 16.4 Å². The summed E-state index contributed by atoms with van der Waals surface area (Å²) >= 11 is 5.96. The van der Waals surface area contributed by atoms with Crippen LogP contribution in [-0.2, 0) is 11.3 Å². The molecule has 98 valence electrons. The van der Waals surface area contributed by atoms with Gasteiger partial charge in [-0.05, 0) is 24.3 Å². The van der Waals surface area contributed by atoms with E-state index in [2.05, 4.69) is 5.32 Å². The first-order valence-electron chi connectivity index (χ1n) is 5.78. The van der Waals surface area contributed by atoms with Crippen molar-refractivity contribution in [2.75, 3.05) is 5.32 Å². The molecule has 0 saturated carbocycles. The van der Waals surface area contributed by atoms with Crippen molar-refractivity contribution >= 4 is 29.0 Å². The van der Waals surface area contributed by atoms with Gasteiger partial charge in [0.1, 0.15) is 6.54 Å². The maximum atomic E-state index is 11.9. The van der Waals surface area contributed by atoms with Crippen LogP contribution < -0.4 is 5.32 Å². The highest BCUT2D eigenvalue weighted by Crippen LogP contribution is 2.20. The highest BCUT2D eigenvalue weighted by Gasteiger charge is 2.10. The molecule has 0 aliphatic heterocycles. The highest BCUT2D eigenvalue weighted by molar-refractivity contribution is 6.33. The van der Waals surface area contributed by atoms with E-state index in [1.165, 1.54) is 6.92 Å². The molecule has 1 aromatic carbocycles. The van der Waals surface area contributed by atoms with Crippen LogP contribution in [0.3, 0.4) is 0 Å². The van der Waals surface area contributed by atoms with E-state index in [0.29, 0.717) is 16.4 Å². The number of halogens is 1. The Balaban J connectivity index is 2.08. The van der Waals surface area contributed by atoms with Crippen LogP contribution in [0.2, 0.25) is 5.02 Å². The van der Waals surface area contributed by atoms with Crippen LogP contribution >= 0.6 is 11.6 Å².